The summed E-state index contributed by atoms with van der Waals surface area (Å²) >= 11 is 17.6. The maximum atomic E-state index is 12.1. The van der Waals surface area contributed by atoms with Crippen LogP contribution in [0.25, 0.3) is 10.2 Å². The van der Waals surface area contributed by atoms with Crippen molar-refractivity contribution in [1.82, 2.24) is 4.98 Å². The van der Waals surface area contributed by atoms with E-state index >= 15 is 0 Å². The summed E-state index contributed by atoms with van der Waals surface area (Å²) < 4.78 is 38.7. The Hall–Kier alpha value is -0.960. The molecule has 2 N–H and O–H groups in total. The Morgan fingerprint density at radius 3 is 2.52 bits per heavy atom. The standard InChI is InChI=1S/C10H5Cl3F3N3OS/c11-9(12,13)7(17)19-8-18-5-2-1-4(3-6(5)21-8)20-10(14,15)16/h1-3H,(H2,17,18,19). The van der Waals surface area contributed by atoms with E-state index in [0.717, 1.165) is 17.4 Å². The molecule has 0 bridgehead atoms. The summed E-state index contributed by atoms with van der Waals surface area (Å²) in [4.78, 5) is 7.86. The second-order valence-corrected chi connectivity index (χ2v) is 6.96. The highest BCUT2D eigenvalue weighted by atomic mass is 35.6. The lowest BCUT2D eigenvalue weighted by Crippen LogP contribution is -2.27. The van der Waals surface area contributed by atoms with E-state index < -0.39 is 10.2 Å². The van der Waals surface area contributed by atoms with Gasteiger partial charge in [0.05, 0.1) is 10.2 Å². The van der Waals surface area contributed by atoms with Crippen LogP contribution in [-0.4, -0.2) is 21.0 Å². The second kappa shape index (κ2) is 5.68. The molecule has 0 fully saturated rings. The molecule has 0 spiro atoms. The zero-order chi connectivity index (χ0) is 15.8. The minimum atomic E-state index is -4.76. The molecule has 114 valence electrons. The molecular formula is C10H5Cl3F3N3OS. The minimum Gasteiger partial charge on any atom is -0.406 e. The Bertz CT molecular complexity index is 696. The highest BCUT2D eigenvalue weighted by molar-refractivity contribution is 7.22. The number of amidine groups is 1. The maximum absolute atomic E-state index is 12.1. The van der Waals surface area contributed by atoms with Gasteiger partial charge in [-0.2, -0.15) is 0 Å². The van der Waals surface area contributed by atoms with Gasteiger partial charge in [-0.15, -0.1) is 13.2 Å². The van der Waals surface area contributed by atoms with E-state index in [9.17, 15) is 13.2 Å². The van der Waals surface area contributed by atoms with Gasteiger partial charge in [0, 0.05) is 6.07 Å². The largest absolute Gasteiger partial charge is 0.573 e. The number of thiazole rings is 1. The summed E-state index contributed by atoms with van der Waals surface area (Å²) in [5.74, 6) is -0.651. The Morgan fingerprint density at radius 2 is 1.95 bits per heavy atom. The van der Waals surface area contributed by atoms with Crippen LogP contribution < -0.4 is 10.5 Å². The molecule has 1 aromatic carbocycles. The van der Waals surface area contributed by atoms with Crippen molar-refractivity contribution in [2.24, 2.45) is 10.7 Å². The van der Waals surface area contributed by atoms with Gasteiger partial charge >= 0.3 is 6.36 Å². The fraction of sp³-hybridized carbons (Fsp3) is 0.200. The predicted molar refractivity (Wildman–Crippen MR) is 77.9 cm³/mol. The van der Waals surface area contributed by atoms with Crippen molar-refractivity contribution in [3.05, 3.63) is 18.2 Å². The molecule has 21 heavy (non-hydrogen) atoms. The molecule has 1 heterocycles. The topological polar surface area (TPSA) is 60.5 Å². The molecule has 0 aliphatic rings. The molecule has 0 aliphatic heterocycles. The Labute approximate surface area is 135 Å². The zero-order valence-corrected chi connectivity index (χ0v) is 12.9. The number of alkyl halides is 6. The number of hydrogen-bond donors (Lipinski definition) is 1. The smallest absolute Gasteiger partial charge is 0.406 e. The zero-order valence-electron chi connectivity index (χ0n) is 9.79. The van der Waals surface area contributed by atoms with Gasteiger partial charge in [0.1, 0.15) is 5.75 Å². The van der Waals surface area contributed by atoms with Crippen LogP contribution in [0.2, 0.25) is 0 Å². The van der Waals surface area contributed by atoms with Crippen molar-refractivity contribution in [2.75, 3.05) is 0 Å². The maximum Gasteiger partial charge on any atom is 0.573 e. The van der Waals surface area contributed by atoms with Gasteiger partial charge in [-0.05, 0) is 12.1 Å². The summed E-state index contributed by atoms with van der Waals surface area (Å²) in [5.41, 5.74) is 5.89. The van der Waals surface area contributed by atoms with Crippen LogP contribution in [0.3, 0.4) is 0 Å². The highest BCUT2D eigenvalue weighted by Gasteiger charge is 2.31. The lowest BCUT2D eigenvalue weighted by molar-refractivity contribution is -0.274. The second-order valence-electron chi connectivity index (χ2n) is 3.67. The molecular weight excluding hydrogens is 374 g/mol. The summed E-state index contributed by atoms with van der Waals surface area (Å²) in [6, 6.07) is 3.68. The Balaban J connectivity index is 2.34. The minimum absolute atomic E-state index is 0.151. The molecule has 4 nitrogen and oxygen atoms in total. The number of halogens is 6. The number of aromatic nitrogens is 1. The van der Waals surface area contributed by atoms with E-state index in [2.05, 4.69) is 14.7 Å². The number of aliphatic imine (C=N–C) groups is 1. The average Bonchev–Trinajstić information content (AvgIpc) is 2.66. The third kappa shape index (κ3) is 4.50. The quantitative estimate of drug-likeness (QED) is 0.474. The fourth-order valence-electron chi connectivity index (χ4n) is 1.30. The average molecular weight is 379 g/mol. The fourth-order valence-corrected chi connectivity index (χ4v) is 2.31. The monoisotopic (exact) mass is 377 g/mol. The first kappa shape index (κ1) is 16.4. The van der Waals surface area contributed by atoms with E-state index in [1.807, 2.05) is 0 Å². The molecule has 1 aromatic heterocycles. The van der Waals surface area contributed by atoms with Gasteiger partial charge in [0.2, 0.25) is 8.92 Å². The summed E-state index contributed by atoms with van der Waals surface area (Å²) in [5, 5.41) is 0.151. The van der Waals surface area contributed by atoms with E-state index in [4.69, 9.17) is 40.5 Å². The van der Waals surface area contributed by atoms with Crippen LogP contribution in [0.5, 0.6) is 5.75 Å². The molecule has 0 amide bonds. The molecule has 11 heteroatoms. The van der Waals surface area contributed by atoms with Crippen molar-refractivity contribution >= 4 is 67.3 Å². The third-order valence-electron chi connectivity index (χ3n) is 2.09. The molecule has 0 saturated carbocycles. The van der Waals surface area contributed by atoms with Gasteiger partial charge in [0.25, 0.3) is 0 Å². The van der Waals surface area contributed by atoms with Crippen molar-refractivity contribution in [2.45, 2.75) is 10.2 Å². The van der Waals surface area contributed by atoms with Crippen LogP contribution >= 0.6 is 46.1 Å². The van der Waals surface area contributed by atoms with Gasteiger partial charge in [0.15, 0.2) is 5.84 Å². The van der Waals surface area contributed by atoms with E-state index in [0.29, 0.717) is 10.2 Å². The van der Waals surface area contributed by atoms with E-state index in [1.165, 1.54) is 12.1 Å². The summed E-state index contributed by atoms with van der Waals surface area (Å²) in [6.45, 7) is 0. The summed E-state index contributed by atoms with van der Waals surface area (Å²) in [7, 11) is 0. The third-order valence-corrected chi connectivity index (χ3v) is 3.58. The van der Waals surface area contributed by atoms with Gasteiger partial charge in [-0.25, -0.2) is 9.98 Å². The molecule has 2 rings (SSSR count). The Morgan fingerprint density at radius 1 is 1.29 bits per heavy atom. The first-order chi connectivity index (χ1) is 9.54. The predicted octanol–water partition coefficient (Wildman–Crippen LogP) is 4.55. The molecule has 0 atom stereocenters. The first-order valence-electron chi connectivity index (χ1n) is 5.12. The molecule has 2 aromatic rings. The molecule has 0 unspecified atom stereocenters. The van der Waals surface area contributed by atoms with E-state index in [1.54, 1.807) is 0 Å². The lowest BCUT2D eigenvalue weighted by Gasteiger charge is -2.07. The van der Waals surface area contributed by atoms with Gasteiger partial charge in [-0.3, -0.25) is 0 Å². The number of nitrogens with two attached hydrogens (primary N) is 1. The van der Waals surface area contributed by atoms with Gasteiger partial charge < -0.3 is 10.5 Å². The molecule has 0 saturated heterocycles. The van der Waals surface area contributed by atoms with Crippen molar-refractivity contribution in [3.8, 4) is 5.75 Å². The number of ether oxygens (including phenoxy) is 1. The highest BCUT2D eigenvalue weighted by Crippen LogP contribution is 2.34. The van der Waals surface area contributed by atoms with Crippen molar-refractivity contribution in [1.29, 1.82) is 0 Å². The number of rotatable bonds is 2. The number of hydrogen-bond acceptors (Lipinski definition) is 4. The first-order valence-corrected chi connectivity index (χ1v) is 7.07. The normalized spacial score (nSPS) is 13.7. The van der Waals surface area contributed by atoms with Crippen molar-refractivity contribution < 1.29 is 17.9 Å². The van der Waals surface area contributed by atoms with Crippen molar-refractivity contribution in [3.63, 3.8) is 0 Å². The van der Waals surface area contributed by atoms with Crippen LogP contribution in [0, 0.1) is 0 Å². The van der Waals surface area contributed by atoms with Crippen LogP contribution in [0.4, 0.5) is 18.3 Å². The number of nitrogens with zero attached hydrogens (tertiary/aromatic N) is 2. The number of fused-ring (bicyclic) bond motifs is 1. The number of benzene rings is 1. The Kier molecular flexibility index (Phi) is 4.44. The van der Waals surface area contributed by atoms with Crippen LogP contribution in [0.15, 0.2) is 23.2 Å². The van der Waals surface area contributed by atoms with Crippen LogP contribution in [0.1, 0.15) is 0 Å². The summed E-state index contributed by atoms with van der Waals surface area (Å²) in [6.07, 6.45) is -4.76. The lowest BCUT2D eigenvalue weighted by atomic mass is 10.3. The SMILES string of the molecule is N/C(=N\c1nc2ccc(OC(F)(F)F)cc2s1)C(Cl)(Cl)Cl. The van der Waals surface area contributed by atoms with Crippen LogP contribution in [-0.2, 0) is 0 Å². The van der Waals surface area contributed by atoms with Gasteiger partial charge in [-0.1, -0.05) is 46.1 Å². The molecule has 0 radical (unpaired) electrons. The van der Waals surface area contributed by atoms with E-state index in [-0.39, 0.29) is 16.7 Å². The molecule has 0 aliphatic carbocycles.